The topological polar surface area (TPSA) is 102 Å². The quantitative estimate of drug-likeness (QED) is 0.532. The fraction of sp³-hybridized carbons (Fsp3) is 0.471. The van der Waals surface area contributed by atoms with E-state index in [4.69, 9.17) is 9.47 Å². The fourth-order valence-electron chi connectivity index (χ4n) is 2.26. The van der Waals surface area contributed by atoms with Crippen LogP contribution in [-0.4, -0.2) is 47.5 Å². The van der Waals surface area contributed by atoms with E-state index in [1.165, 1.54) is 4.90 Å². The summed E-state index contributed by atoms with van der Waals surface area (Å²) >= 11 is 0. The third-order valence-corrected chi connectivity index (χ3v) is 3.78. The maximum Gasteiger partial charge on any atom is 0.418 e. The van der Waals surface area contributed by atoms with Crippen LogP contribution in [0.1, 0.15) is 25.6 Å². The Morgan fingerprint density at radius 2 is 2.22 bits per heavy atom. The first-order valence-electron chi connectivity index (χ1n) is 8.57. The average Bonchev–Trinajstić information content (AvgIpc) is 3.15. The maximum atomic E-state index is 12.5. The Labute approximate surface area is 157 Å². The minimum Gasteiger partial charge on any atom is -0.460 e. The van der Waals surface area contributed by atoms with E-state index in [1.807, 2.05) is 6.92 Å². The van der Waals surface area contributed by atoms with Crippen molar-refractivity contribution in [2.45, 2.75) is 33.2 Å². The van der Waals surface area contributed by atoms with Gasteiger partial charge in [-0.2, -0.15) is 4.57 Å². The maximum absolute atomic E-state index is 12.5. The average molecular weight is 377 g/mol. The third kappa shape index (κ3) is 5.48. The number of aryl methyl sites for hydroxylation is 1. The monoisotopic (exact) mass is 377 g/mol. The summed E-state index contributed by atoms with van der Waals surface area (Å²) in [5.41, 5.74) is 0.598. The molecule has 0 radical (unpaired) electrons. The number of carbonyl (C=O) groups is 2. The summed E-state index contributed by atoms with van der Waals surface area (Å²) in [4.78, 5) is 29.5. The molecule has 0 aliphatic carbocycles. The number of likely N-dealkylation sites (N-methyl/N-ethyl adjacent to an activating group) is 1. The Morgan fingerprint density at radius 1 is 1.44 bits per heavy atom. The number of hydrogen-bond donors (Lipinski definition) is 1. The number of rotatable bonds is 8. The van der Waals surface area contributed by atoms with Crippen LogP contribution in [0.3, 0.4) is 0 Å². The van der Waals surface area contributed by atoms with Crippen molar-refractivity contribution in [3.63, 3.8) is 0 Å². The highest BCUT2D eigenvalue weighted by Crippen LogP contribution is 2.18. The molecule has 0 spiro atoms. The number of hydrogen-bond acceptors (Lipinski definition) is 7. The lowest BCUT2D eigenvalue weighted by atomic mass is 10.2. The van der Waals surface area contributed by atoms with Crippen LogP contribution in [0.25, 0.3) is 0 Å². The van der Waals surface area contributed by atoms with E-state index in [0.29, 0.717) is 11.4 Å². The van der Waals surface area contributed by atoms with E-state index in [-0.39, 0.29) is 13.2 Å². The lowest BCUT2D eigenvalue weighted by Crippen LogP contribution is -2.41. The van der Waals surface area contributed by atoms with E-state index < -0.39 is 18.3 Å². The van der Waals surface area contributed by atoms with Gasteiger partial charge in [0.15, 0.2) is 0 Å². The van der Waals surface area contributed by atoms with Crippen LogP contribution in [0, 0.1) is 0 Å². The molecule has 2 heterocycles. The van der Waals surface area contributed by atoms with Crippen LogP contribution < -0.4 is 14.8 Å². The number of pyridine rings is 1. The number of nitrogens with zero attached hydrogens (tertiary/aromatic N) is 5. The first-order chi connectivity index (χ1) is 13.0. The molecule has 2 rings (SSSR count). The largest absolute Gasteiger partial charge is 0.460 e. The molecular weight excluding hydrogens is 352 g/mol. The first-order valence-corrected chi connectivity index (χ1v) is 8.57. The zero-order chi connectivity index (χ0) is 19.8. The first kappa shape index (κ1) is 20.3. The zero-order valence-electron chi connectivity index (χ0n) is 16.0. The normalized spacial score (nSPS) is 11.7. The highest BCUT2D eigenvalue weighted by molar-refractivity contribution is 5.86. The highest BCUT2D eigenvalue weighted by atomic mass is 16.6. The minimum atomic E-state index is -0.583. The van der Waals surface area contributed by atoms with Crippen molar-refractivity contribution in [1.82, 2.24) is 20.1 Å². The summed E-state index contributed by atoms with van der Waals surface area (Å²) in [5, 5.41) is 6.86. The summed E-state index contributed by atoms with van der Waals surface area (Å²) in [5.74, 6) is -0.0308. The van der Waals surface area contributed by atoms with Gasteiger partial charge < -0.3 is 14.8 Å². The van der Waals surface area contributed by atoms with E-state index in [2.05, 4.69) is 15.4 Å². The van der Waals surface area contributed by atoms with Gasteiger partial charge in [-0.15, -0.1) is 4.68 Å². The van der Waals surface area contributed by atoms with Crippen LogP contribution in [0.5, 0.6) is 0 Å². The van der Waals surface area contributed by atoms with Gasteiger partial charge in [0, 0.05) is 30.8 Å². The summed E-state index contributed by atoms with van der Waals surface area (Å²) in [6, 6.07) is 3.45. The van der Waals surface area contributed by atoms with E-state index in [9.17, 15) is 9.59 Å². The predicted molar refractivity (Wildman–Crippen MR) is 95.7 cm³/mol. The standard InChI is InChI=1S/C17H25N6O4/c1-5-23-12-22(11-20-23)13(2)27-17(25)21(4)16-14(7-6-8-19-16)10-26-15(24)9-18-3/h6-8,11-13,18H,5,9-10H2,1-4H3/q+1. The van der Waals surface area contributed by atoms with E-state index >= 15 is 0 Å². The third-order valence-electron chi connectivity index (χ3n) is 3.78. The molecule has 146 valence electrons. The molecular formula is C17H25N6O4+. The molecule has 0 saturated carbocycles. The number of amides is 1. The number of anilines is 1. The van der Waals surface area contributed by atoms with Gasteiger partial charge >= 0.3 is 12.1 Å². The molecule has 0 saturated heterocycles. The van der Waals surface area contributed by atoms with Crippen molar-refractivity contribution in [2.24, 2.45) is 0 Å². The number of ether oxygens (including phenoxy) is 2. The van der Waals surface area contributed by atoms with Gasteiger partial charge in [0.25, 0.3) is 6.33 Å². The molecule has 1 N–H and O–H groups in total. The summed E-state index contributed by atoms with van der Waals surface area (Å²) in [6.07, 6.45) is 3.78. The number of esters is 1. The van der Waals surface area contributed by atoms with Gasteiger partial charge in [-0.1, -0.05) is 6.07 Å². The Kier molecular flexibility index (Phi) is 7.24. The summed E-state index contributed by atoms with van der Waals surface area (Å²) < 4.78 is 14.1. The van der Waals surface area contributed by atoms with Crippen molar-refractivity contribution in [1.29, 1.82) is 0 Å². The molecule has 10 heteroatoms. The molecule has 1 amide bonds. The minimum absolute atomic E-state index is 0.00881. The lowest BCUT2D eigenvalue weighted by Gasteiger charge is -2.20. The fourth-order valence-corrected chi connectivity index (χ4v) is 2.26. The van der Waals surface area contributed by atoms with Crippen LogP contribution in [0.2, 0.25) is 0 Å². The summed E-state index contributed by atoms with van der Waals surface area (Å²) in [6.45, 7) is 4.54. The zero-order valence-corrected chi connectivity index (χ0v) is 16.0. The molecule has 10 nitrogen and oxygen atoms in total. The number of carbonyl (C=O) groups excluding carboxylic acids is 2. The molecule has 0 fully saturated rings. The van der Waals surface area contributed by atoms with Crippen LogP contribution in [0.15, 0.2) is 31.0 Å². The molecule has 2 aromatic rings. The second kappa shape index (κ2) is 9.62. The van der Waals surface area contributed by atoms with Gasteiger partial charge in [-0.3, -0.25) is 9.69 Å². The smallest absolute Gasteiger partial charge is 0.418 e. The molecule has 27 heavy (non-hydrogen) atoms. The van der Waals surface area contributed by atoms with Gasteiger partial charge in [-0.25, -0.2) is 9.78 Å². The van der Waals surface area contributed by atoms with Crippen LogP contribution >= 0.6 is 0 Å². The van der Waals surface area contributed by atoms with Crippen molar-refractivity contribution < 1.29 is 23.6 Å². The molecule has 0 aromatic carbocycles. The second-order valence-electron chi connectivity index (χ2n) is 5.77. The number of aromatic nitrogens is 4. The highest BCUT2D eigenvalue weighted by Gasteiger charge is 2.22. The van der Waals surface area contributed by atoms with E-state index in [0.717, 1.165) is 6.54 Å². The SMILES string of the molecule is CCn1c[n+](C(C)OC(=O)N(C)c2ncccc2COC(=O)CNC)cn1. The number of nitrogens with one attached hydrogen (secondary N) is 1. The van der Waals surface area contributed by atoms with Crippen molar-refractivity contribution in [2.75, 3.05) is 25.5 Å². The Hall–Kier alpha value is -3.01. The second-order valence-corrected chi connectivity index (χ2v) is 5.77. The Bertz CT molecular complexity index is 778. The van der Waals surface area contributed by atoms with Crippen LogP contribution in [-0.2, 0) is 27.4 Å². The van der Waals surface area contributed by atoms with Gasteiger partial charge in [0.2, 0.25) is 12.6 Å². The molecule has 0 bridgehead atoms. The van der Waals surface area contributed by atoms with Crippen molar-refractivity contribution in [3.8, 4) is 0 Å². The Morgan fingerprint density at radius 3 is 2.89 bits per heavy atom. The molecule has 2 aromatic heterocycles. The van der Waals surface area contributed by atoms with Gasteiger partial charge in [0.1, 0.15) is 19.0 Å². The summed E-state index contributed by atoms with van der Waals surface area (Å²) in [7, 11) is 3.21. The Balaban J connectivity index is 2.04. The van der Waals surface area contributed by atoms with Crippen molar-refractivity contribution in [3.05, 3.63) is 36.5 Å². The van der Waals surface area contributed by atoms with E-state index in [1.54, 1.807) is 61.3 Å². The van der Waals surface area contributed by atoms with Crippen LogP contribution in [0.4, 0.5) is 10.6 Å². The lowest BCUT2D eigenvalue weighted by molar-refractivity contribution is -0.753. The predicted octanol–water partition coefficient (Wildman–Crippen LogP) is 0.640. The van der Waals surface area contributed by atoms with Gasteiger partial charge in [0.05, 0.1) is 6.54 Å². The van der Waals surface area contributed by atoms with Crippen molar-refractivity contribution >= 4 is 17.9 Å². The van der Waals surface area contributed by atoms with Gasteiger partial charge in [-0.05, 0) is 20.0 Å². The molecule has 1 atom stereocenters. The molecule has 0 aliphatic rings. The molecule has 1 unspecified atom stereocenters. The molecule has 0 aliphatic heterocycles.